The Bertz CT molecular complexity index is 598. The minimum atomic E-state index is -0.0999. The Kier molecular flexibility index (Phi) is 4.86. The molecule has 0 fully saturated rings. The van der Waals surface area contributed by atoms with Gasteiger partial charge in [0.05, 0.1) is 12.6 Å². The molecule has 2 N–H and O–H groups in total. The van der Waals surface area contributed by atoms with E-state index in [0.29, 0.717) is 0 Å². The Hall–Kier alpha value is -1.73. The summed E-state index contributed by atoms with van der Waals surface area (Å²) in [4.78, 5) is 11.9. The quantitative estimate of drug-likeness (QED) is 0.873. The zero-order valence-electron chi connectivity index (χ0n) is 11.3. The van der Waals surface area contributed by atoms with Gasteiger partial charge in [0.1, 0.15) is 12.2 Å². The van der Waals surface area contributed by atoms with Gasteiger partial charge in [-0.2, -0.15) is 0 Å². The molecule has 0 radical (unpaired) electrons. The van der Waals surface area contributed by atoms with Crippen molar-refractivity contribution in [3.05, 3.63) is 40.9 Å². The summed E-state index contributed by atoms with van der Waals surface area (Å²) >= 11 is 3.36. The van der Waals surface area contributed by atoms with Crippen molar-refractivity contribution in [2.45, 2.75) is 13.0 Å². The summed E-state index contributed by atoms with van der Waals surface area (Å²) in [5, 5.41) is 13.8. The fourth-order valence-electron chi connectivity index (χ4n) is 1.79. The number of amides is 1. The molecule has 1 aromatic carbocycles. The van der Waals surface area contributed by atoms with Crippen molar-refractivity contribution < 1.29 is 4.79 Å². The molecule has 0 spiro atoms. The number of carbonyl (C=O) groups excluding carboxylic acids is 1. The van der Waals surface area contributed by atoms with Crippen molar-refractivity contribution in [2.75, 3.05) is 11.9 Å². The molecule has 0 bridgehead atoms. The van der Waals surface area contributed by atoms with E-state index in [1.54, 1.807) is 6.33 Å². The molecule has 2 aromatic rings. The topological polar surface area (TPSA) is 71.8 Å². The fraction of sp³-hybridized carbons (Fsp3) is 0.308. The van der Waals surface area contributed by atoms with Gasteiger partial charge < -0.3 is 9.88 Å². The largest absolute Gasteiger partial charge is 0.325 e. The average molecular weight is 338 g/mol. The van der Waals surface area contributed by atoms with Gasteiger partial charge in [-0.15, -0.1) is 10.2 Å². The van der Waals surface area contributed by atoms with Crippen molar-refractivity contribution in [3.8, 4) is 0 Å². The summed E-state index contributed by atoms with van der Waals surface area (Å²) in [5.41, 5.74) is 0.762. The van der Waals surface area contributed by atoms with E-state index in [0.717, 1.165) is 16.0 Å². The number of anilines is 1. The highest BCUT2D eigenvalue weighted by molar-refractivity contribution is 9.10. The van der Waals surface area contributed by atoms with Crippen LogP contribution in [0.15, 0.2) is 35.1 Å². The standard InChI is InChI=1S/C13H16BrN5O/c1-9(13-18-16-8-19(13)2)15-7-12(20)17-11-5-3-4-10(14)6-11/h3-6,8-9,15H,7H2,1-2H3,(H,17,20). The van der Waals surface area contributed by atoms with Gasteiger partial charge in [-0.05, 0) is 25.1 Å². The number of hydrogen-bond acceptors (Lipinski definition) is 4. The van der Waals surface area contributed by atoms with Crippen molar-refractivity contribution in [3.63, 3.8) is 0 Å². The van der Waals surface area contributed by atoms with E-state index in [4.69, 9.17) is 0 Å². The molecule has 1 amide bonds. The van der Waals surface area contributed by atoms with Crippen LogP contribution in [-0.2, 0) is 11.8 Å². The molecule has 6 nitrogen and oxygen atoms in total. The molecular weight excluding hydrogens is 322 g/mol. The monoisotopic (exact) mass is 337 g/mol. The molecule has 0 saturated carbocycles. The number of carbonyl (C=O) groups is 1. The molecule has 0 aliphatic rings. The number of aromatic nitrogens is 3. The second-order valence-electron chi connectivity index (χ2n) is 4.46. The Morgan fingerprint density at radius 2 is 2.30 bits per heavy atom. The van der Waals surface area contributed by atoms with Gasteiger partial charge in [-0.25, -0.2) is 0 Å². The molecule has 1 unspecified atom stereocenters. The molecule has 1 aromatic heterocycles. The predicted molar refractivity (Wildman–Crippen MR) is 80.2 cm³/mol. The van der Waals surface area contributed by atoms with E-state index >= 15 is 0 Å². The first-order valence-corrected chi connectivity index (χ1v) is 6.98. The Labute approximate surface area is 125 Å². The molecular formula is C13H16BrN5O. The summed E-state index contributed by atoms with van der Waals surface area (Å²) < 4.78 is 2.75. The van der Waals surface area contributed by atoms with Crippen LogP contribution in [0.5, 0.6) is 0 Å². The first kappa shape index (κ1) is 14.7. The number of rotatable bonds is 5. The third kappa shape index (κ3) is 3.88. The lowest BCUT2D eigenvalue weighted by atomic mass is 10.3. The third-order valence-electron chi connectivity index (χ3n) is 2.81. The van der Waals surface area contributed by atoms with Gasteiger partial charge in [0.25, 0.3) is 0 Å². The molecule has 0 saturated heterocycles. The van der Waals surface area contributed by atoms with E-state index < -0.39 is 0 Å². The van der Waals surface area contributed by atoms with Gasteiger partial charge in [0, 0.05) is 17.2 Å². The lowest BCUT2D eigenvalue weighted by Gasteiger charge is -2.12. The number of nitrogens with one attached hydrogen (secondary N) is 2. The van der Waals surface area contributed by atoms with E-state index in [9.17, 15) is 4.79 Å². The highest BCUT2D eigenvalue weighted by Gasteiger charge is 2.12. The van der Waals surface area contributed by atoms with Crippen LogP contribution >= 0.6 is 15.9 Å². The summed E-state index contributed by atoms with van der Waals surface area (Å²) in [5.74, 6) is 0.692. The lowest BCUT2D eigenvalue weighted by Crippen LogP contribution is -2.31. The minimum Gasteiger partial charge on any atom is -0.325 e. The molecule has 20 heavy (non-hydrogen) atoms. The first-order chi connectivity index (χ1) is 9.56. The molecule has 0 aliphatic carbocycles. The summed E-state index contributed by atoms with van der Waals surface area (Å²) in [6, 6.07) is 7.42. The Morgan fingerprint density at radius 1 is 1.50 bits per heavy atom. The number of nitrogens with zero attached hydrogens (tertiary/aromatic N) is 3. The molecule has 2 rings (SSSR count). The fourth-order valence-corrected chi connectivity index (χ4v) is 2.19. The van der Waals surface area contributed by atoms with E-state index in [2.05, 4.69) is 36.8 Å². The number of aryl methyl sites for hydroxylation is 1. The van der Waals surface area contributed by atoms with E-state index in [1.807, 2.05) is 42.8 Å². The van der Waals surface area contributed by atoms with Crippen LogP contribution in [0.2, 0.25) is 0 Å². The van der Waals surface area contributed by atoms with Gasteiger partial charge in [0.15, 0.2) is 0 Å². The van der Waals surface area contributed by atoms with Gasteiger partial charge >= 0.3 is 0 Å². The predicted octanol–water partition coefficient (Wildman–Crippen LogP) is 1.87. The Balaban J connectivity index is 1.85. The van der Waals surface area contributed by atoms with Crippen LogP contribution in [-0.4, -0.2) is 27.2 Å². The number of hydrogen-bond donors (Lipinski definition) is 2. The van der Waals surface area contributed by atoms with E-state index in [-0.39, 0.29) is 18.5 Å². The second kappa shape index (κ2) is 6.62. The van der Waals surface area contributed by atoms with Gasteiger partial charge in [-0.1, -0.05) is 22.0 Å². The minimum absolute atomic E-state index is 0.0456. The lowest BCUT2D eigenvalue weighted by molar-refractivity contribution is -0.115. The van der Waals surface area contributed by atoms with Crippen molar-refractivity contribution in [1.82, 2.24) is 20.1 Å². The van der Waals surface area contributed by atoms with Crippen molar-refractivity contribution in [1.29, 1.82) is 0 Å². The summed E-state index contributed by atoms with van der Waals surface area (Å²) in [6.07, 6.45) is 1.63. The summed E-state index contributed by atoms with van der Waals surface area (Å²) in [7, 11) is 1.87. The van der Waals surface area contributed by atoms with Crippen molar-refractivity contribution >= 4 is 27.5 Å². The van der Waals surface area contributed by atoms with Crippen LogP contribution < -0.4 is 10.6 Å². The van der Waals surface area contributed by atoms with Crippen LogP contribution in [0, 0.1) is 0 Å². The van der Waals surface area contributed by atoms with Crippen molar-refractivity contribution in [2.24, 2.45) is 7.05 Å². The van der Waals surface area contributed by atoms with Crippen LogP contribution in [0.1, 0.15) is 18.8 Å². The second-order valence-corrected chi connectivity index (χ2v) is 5.38. The molecule has 1 heterocycles. The normalized spacial score (nSPS) is 12.2. The van der Waals surface area contributed by atoms with Gasteiger partial charge in [-0.3, -0.25) is 10.1 Å². The maximum absolute atomic E-state index is 11.9. The smallest absolute Gasteiger partial charge is 0.238 e. The maximum Gasteiger partial charge on any atom is 0.238 e. The Morgan fingerprint density at radius 3 is 2.95 bits per heavy atom. The maximum atomic E-state index is 11.9. The summed E-state index contributed by atoms with van der Waals surface area (Å²) in [6.45, 7) is 2.15. The molecule has 1 atom stereocenters. The zero-order valence-corrected chi connectivity index (χ0v) is 12.9. The zero-order chi connectivity index (χ0) is 14.5. The number of halogens is 1. The van der Waals surface area contributed by atoms with Crippen LogP contribution in [0.3, 0.4) is 0 Å². The van der Waals surface area contributed by atoms with E-state index in [1.165, 1.54) is 0 Å². The van der Waals surface area contributed by atoms with Crippen LogP contribution in [0.25, 0.3) is 0 Å². The average Bonchev–Trinajstić information content (AvgIpc) is 2.82. The SMILES string of the molecule is CC(NCC(=O)Nc1cccc(Br)c1)c1nncn1C. The number of benzene rings is 1. The molecule has 0 aliphatic heterocycles. The third-order valence-corrected chi connectivity index (χ3v) is 3.30. The molecule has 7 heteroatoms. The first-order valence-electron chi connectivity index (χ1n) is 6.19. The molecule has 106 valence electrons. The van der Waals surface area contributed by atoms with Crippen LogP contribution in [0.4, 0.5) is 5.69 Å². The highest BCUT2D eigenvalue weighted by atomic mass is 79.9. The highest BCUT2D eigenvalue weighted by Crippen LogP contribution is 2.15. The van der Waals surface area contributed by atoms with Gasteiger partial charge in [0.2, 0.25) is 5.91 Å².